The van der Waals surface area contributed by atoms with Gasteiger partial charge in [-0.1, -0.05) is 0 Å². The Morgan fingerprint density at radius 1 is 1.32 bits per heavy atom. The lowest BCUT2D eigenvalue weighted by Crippen LogP contribution is -2.16. The smallest absolute Gasteiger partial charge is 0.266 e. The average Bonchev–Trinajstić information content (AvgIpc) is 3.26. The summed E-state index contributed by atoms with van der Waals surface area (Å²) in [5, 5.41) is 12.9. The summed E-state index contributed by atoms with van der Waals surface area (Å²) in [6.07, 6.45) is 2.13. The molecule has 0 radical (unpaired) electrons. The number of nitrogens with zero attached hydrogens (tertiary/aromatic N) is 4. The first-order valence-electron chi connectivity index (χ1n) is 8.39. The molecule has 1 aliphatic heterocycles. The van der Waals surface area contributed by atoms with E-state index in [-0.39, 0.29) is 5.91 Å². The summed E-state index contributed by atoms with van der Waals surface area (Å²) in [6.45, 7) is 3.48. The predicted octanol–water partition coefficient (Wildman–Crippen LogP) is 2.82. The van der Waals surface area contributed by atoms with E-state index in [2.05, 4.69) is 15.5 Å². The van der Waals surface area contributed by atoms with E-state index in [4.69, 9.17) is 4.74 Å². The maximum absolute atomic E-state index is 12.6. The van der Waals surface area contributed by atoms with Crippen LogP contribution in [0, 0.1) is 6.92 Å². The van der Waals surface area contributed by atoms with E-state index in [9.17, 15) is 4.79 Å². The van der Waals surface area contributed by atoms with Gasteiger partial charge in [0.25, 0.3) is 5.91 Å². The molecule has 1 atom stereocenters. The van der Waals surface area contributed by atoms with Crippen molar-refractivity contribution < 1.29 is 9.53 Å². The van der Waals surface area contributed by atoms with E-state index in [0.717, 1.165) is 41.1 Å². The van der Waals surface area contributed by atoms with E-state index in [1.165, 1.54) is 11.3 Å². The Labute approximate surface area is 149 Å². The Bertz CT molecular complexity index is 898. The molecule has 0 aromatic carbocycles. The molecular formula is C17H21N5O2S. The highest BCUT2D eigenvalue weighted by atomic mass is 32.1. The van der Waals surface area contributed by atoms with Crippen molar-refractivity contribution in [3.8, 4) is 0 Å². The Morgan fingerprint density at radius 2 is 2.16 bits per heavy atom. The molecule has 1 aliphatic rings. The number of aromatic nitrogens is 4. The summed E-state index contributed by atoms with van der Waals surface area (Å²) in [5.74, 6) is 0.900. The van der Waals surface area contributed by atoms with E-state index in [1.54, 1.807) is 4.68 Å². The van der Waals surface area contributed by atoms with Crippen molar-refractivity contribution in [3.05, 3.63) is 28.4 Å². The number of nitrogens with one attached hydrogen (secondary N) is 1. The first-order chi connectivity index (χ1) is 12.0. The van der Waals surface area contributed by atoms with Gasteiger partial charge in [-0.25, -0.2) is 0 Å². The van der Waals surface area contributed by atoms with Crippen LogP contribution in [0.2, 0.25) is 0 Å². The second-order valence-corrected chi connectivity index (χ2v) is 7.52. The third kappa shape index (κ3) is 2.96. The maximum atomic E-state index is 12.6. The molecule has 4 rings (SSSR count). The topological polar surface area (TPSA) is 74.0 Å². The molecule has 132 valence electrons. The highest BCUT2D eigenvalue weighted by molar-refractivity contribution is 7.20. The van der Waals surface area contributed by atoms with Gasteiger partial charge in [0.05, 0.1) is 22.9 Å². The van der Waals surface area contributed by atoms with Gasteiger partial charge in [-0.15, -0.1) is 11.3 Å². The Hall–Kier alpha value is -2.19. The van der Waals surface area contributed by atoms with E-state index in [0.29, 0.717) is 23.2 Å². The zero-order valence-corrected chi connectivity index (χ0v) is 15.4. The lowest BCUT2D eigenvalue weighted by atomic mass is 9.99. The highest BCUT2D eigenvalue weighted by Crippen LogP contribution is 2.29. The second kappa shape index (κ2) is 6.27. The number of carbonyl (C=O) groups is 1. The molecule has 0 aliphatic carbocycles. The van der Waals surface area contributed by atoms with Crippen LogP contribution in [0.1, 0.15) is 39.8 Å². The molecule has 7 nitrogen and oxygen atoms in total. The van der Waals surface area contributed by atoms with Gasteiger partial charge >= 0.3 is 0 Å². The predicted molar refractivity (Wildman–Crippen MR) is 97.3 cm³/mol. The minimum Gasteiger partial charge on any atom is -0.381 e. The molecule has 1 fully saturated rings. The zero-order valence-electron chi connectivity index (χ0n) is 14.6. The lowest BCUT2D eigenvalue weighted by Gasteiger charge is -2.19. The first-order valence-corrected chi connectivity index (χ1v) is 9.20. The monoisotopic (exact) mass is 359 g/mol. The van der Waals surface area contributed by atoms with Crippen LogP contribution in [-0.4, -0.2) is 38.7 Å². The number of hydrogen-bond acceptors (Lipinski definition) is 5. The molecule has 0 bridgehead atoms. The van der Waals surface area contributed by atoms with Crippen LogP contribution >= 0.6 is 11.3 Å². The SMILES string of the molecule is Cc1nn(C)c2sc(C(=O)Nc3cc(C4CCCOC4)nn3C)cc12. The molecule has 1 N–H and O–H groups in total. The average molecular weight is 359 g/mol. The van der Waals surface area contributed by atoms with E-state index in [1.807, 2.05) is 37.8 Å². The van der Waals surface area contributed by atoms with Crippen molar-refractivity contribution in [3.63, 3.8) is 0 Å². The number of thiophene rings is 1. The quantitative estimate of drug-likeness (QED) is 0.780. The van der Waals surface area contributed by atoms with Crippen LogP contribution in [0.15, 0.2) is 12.1 Å². The van der Waals surface area contributed by atoms with Crippen LogP contribution in [0.25, 0.3) is 10.2 Å². The molecule has 0 spiro atoms. The normalized spacial score (nSPS) is 18.0. The molecule has 1 amide bonds. The molecule has 3 aromatic heterocycles. The summed E-state index contributed by atoms with van der Waals surface area (Å²) in [6, 6.07) is 3.86. The second-order valence-electron chi connectivity index (χ2n) is 6.48. The van der Waals surface area contributed by atoms with Gasteiger partial charge in [0.1, 0.15) is 10.6 Å². The van der Waals surface area contributed by atoms with Crippen molar-refractivity contribution in [2.75, 3.05) is 18.5 Å². The lowest BCUT2D eigenvalue weighted by molar-refractivity contribution is 0.0791. The van der Waals surface area contributed by atoms with E-state index < -0.39 is 0 Å². The van der Waals surface area contributed by atoms with Crippen LogP contribution in [-0.2, 0) is 18.8 Å². The fourth-order valence-corrected chi connectivity index (χ4v) is 4.29. The zero-order chi connectivity index (χ0) is 17.6. The van der Waals surface area contributed by atoms with E-state index >= 15 is 0 Å². The largest absolute Gasteiger partial charge is 0.381 e. The Kier molecular flexibility index (Phi) is 4.09. The number of hydrogen-bond donors (Lipinski definition) is 1. The van der Waals surface area contributed by atoms with Crippen molar-refractivity contribution >= 4 is 33.3 Å². The third-order valence-corrected chi connectivity index (χ3v) is 5.84. The van der Waals surface area contributed by atoms with Crippen LogP contribution in [0.5, 0.6) is 0 Å². The highest BCUT2D eigenvalue weighted by Gasteiger charge is 2.21. The standard InChI is InChI=1S/C17H21N5O2S/c1-10-12-7-14(25-17(12)22(3)19-10)16(23)18-15-8-13(20-21(15)2)11-5-4-6-24-9-11/h7-8,11H,4-6,9H2,1-3H3,(H,18,23). The summed E-state index contributed by atoms with van der Waals surface area (Å²) < 4.78 is 9.08. The minimum atomic E-state index is -0.116. The van der Waals surface area contributed by atoms with Crippen molar-refractivity contribution in [2.24, 2.45) is 14.1 Å². The Balaban J connectivity index is 1.55. The minimum absolute atomic E-state index is 0.116. The number of fused-ring (bicyclic) bond motifs is 1. The van der Waals surface area contributed by atoms with Crippen LogP contribution < -0.4 is 5.32 Å². The van der Waals surface area contributed by atoms with Gasteiger partial charge < -0.3 is 10.1 Å². The van der Waals surface area contributed by atoms with Gasteiger partial charge in [0.15, 0.2) is 0 Å². The van der Waals surface area contributed by atoms with Gasteiger partial charge in [0, 0.05) is 38.1 Å². The number of anilines is 1. The molecule has 4 heterocycles. The van der Waals surface area contributed by atoms with Crippen molar-refractivity contribution in [1.29, 1.82) is 0 Å². The number of amides is 1. The first kappa shape index (κ1) is 16.3. The van der Waals surface area contributed by atoms with Gasteiger partial charge in [-0.05, 0) is 25.8 Å². The molecular weight excluding hydrogens is 338 g/mol. The van der Waals surface area contributed by atoms with Crippen molar-refractivity contribution in [2.45, 2.75) is 25.7 Å². The fourth-order valence-electron chi connectivity index (χ4n) is 3.27. The van der Waals surface area contributed by atoms with Crippen LogP contribution in [0.3, 0.4) is 0 Å². The maximum Gasteiger partial charge on any atom is 0.266 e. The van der Waals surface area contributed by atoms with Gasteiger partial charge in [0.2, 0.25) is 0 Å². The molecule has 0 saturated carbocycles. The summed E-state index contributed by atoms with van der Waals surface area (Å²) in [7, 11) is 3.74. The molecule has 1 saturated heterocycles. The molecule has 3 aromatic rings. The number of carbonyl (C=O) groups excluding carboxylic acids is 1. The summed E-state index contributed by atoms with van der Waals surface area (Å²) in [5.41, 5.74) is 1.92. The molecule has 8 heteroatoms. The van der Waals surface area contributed by atoms with Crippen LogP contribution in [0.4, 0.5) is 5.82 Å². The third-order valence-electron chi connectivity index (χ3n) is 4.64. The Morgan fingerprint density at radius 3 is 2.88 bits per heavy atom. The number of ether oxygens (including phenoxy) is 1. The number of rotatable bonds is 3. The summed E-state index contributed by atoms with van der Waals surface area (Å²) >= 11 is 1.45. The number of aryl methyl sites for hydroxylation is 3. The molecule has 1 unspecified atom stereocenters. The molecule has 25 heavy (non-hydrogen) atoms. The fraction of sp³-hybridized carbons (Fsp3) is 0.471. The van der Waals surface area contributed by atoms with Gasteiger partial charge in [-0.3, -0.25) is 14.2 Å². The summed E-state index contributed by atoms with van der Waals surface area (Å²) in [4.78, 5) is 14.3. The van der Waals surface area contributed by atoms with Crippen molar-refractivity contribution in [1.82, 2.24) is 19.6 Å². The van der Waals surface area contributed by atoms with Gasteiger partial charge in [-0.2, -0.15) is 10.2 Å².